The third-order valence-corrected chi connectivity index (χ3v) is 10.1. The summed E-state index contributed by atoms with van der Waals surface area (Å²) in [5.74, 6) is -0.607. The number of rotatable bonds is 9. The van der Waals surface area contributed by atoms with Gasteiger partial charge >= 0.3 is 6.09 Å². The molecule has 284 valence electrons. The Labute approximate surface area is 331 Å². The van der Waals surface area contributed by atoms with Crippen LogP contribution in [0, 0.1) is 6.92 Å². The Morgan fingerprint density at radius 1 is 0.804 bits per heavy atom. The van der Waals surface area contributed by atoms with Crippen LogP contribution in [0.1, 0.15) is 60.3 Å². The number of carbonyl (C=O) groups excluding carboxylic acids is 3. The molecular weight excluding hydrogens is 724 g/mol. The van der Waals surface area contributed by atoms with Gasteiger partial charge in [-0.25, -0.2) is 9.48 Å². The molecule has 0 spiro atoms. The molecule has 11 heteroatoms. The number of benzene rings is 5. The lowest BCUT2D eigenvalue weighted by atomic mass is 9.92. The first kappa shape index (κ1) is 38.0. The van der Waals surface area contributed by atoms with Crippen LogP contribution in [-0.4, -0.2) is 56.5 Å². The number of anilines is 1. The summed E-state index contributed by atoms with van der Waals surface area (Å²) in [7, 11) is 0. The number of likely N-dealkylation sites (tertiary alicyclic amines) is 1. The average molecular weight is 767 g/mol. The molecule has 56 heavy (non-hydrogen) atoms. The van der Waals surface area contributed by atoms with E-state index in [-0.39, 0.29) is 31.3 Å². The zero-order valence-corrected chi connectivity index (χ0v) is 32.5. The Morgan fingerprint density at radius 3 is 2.21 bits per heavy atom. The van der Waals surface area contributed by atoms with E-state index in [1.165, 1.54) is 4.90 Å². The van der Waals surface area contributed by atoms with E-state index in [4.69, 9.17) is 16.3 Å². The van der Waals surface area contributed by atoms with Crippen LogP contribution in [0.25, 0.3) is 22.4 Å². The van der Waals surface area contributed by atoms with Gasteiger partial charge in [-0.2, -0.15) is 0 Å². The van der Waals surface area contributed by atoms with Gasteiger partial charge in [0.05, 0.1) is 18.8 Å². The highest BCUT2D eigenvalue weighted by molar-refractivity contribution is 6.30. The van der Waals surface area contributed by atoms with E-state index in [0.29, 0.717) is 27.5 Å². The van der Waals surface area contributed by atoms with Gasteiger partial charge in [0.1, 0.15) is 11.3 Å². The molecule has 7 rings (SSSR count). The molecule has 1 aliphatic rings. The quantitative estimate of drug-likeness (QED) is 0.152. The van der Waals surface area contributed by atoms with Crippen LogP contribution in [0.4, 0.5) is 10.5 Å². The van der Waals surface area contributed by atoms with E-state index < -0.39 is 23.3 Å². The summed E-state index contributed by atoms with van der Waals surface area (Å²) in [4.78, 5) is 43.4. The highest BCUT2D eigenvalue weighted by Crippen LogP contribution is 2.35. The summed E-state index contributed by atoms with van der Waals surface area (Å²) in [5.41, 5.74) is 4.70. The van der Waals surface area contributed by atoms with Crippen LogP contribution in [0.15, 0.2) is 134 Å². The Balaban J connectivity index is 1.25. The van der Waals surface area contributed by atoms with Crippen molar-refractivity contribution in [1.82, 2.24) is 25.2 Å². The number of ether oxygens (including phenoxy) is 1. The molecule has 1 saturated heterocycles. The minimum Gasteiger partial charge on any atom is -0.444 e. The molecule has 2 atom stereocenters. The van der Waals surface area contributed by atoms with Gasteiger partial charge in [-0.15, -0.1) is 5.10 Å². The molecule has 1 fully saturated rings. The second-order valence-corrected chi connectivity index (χ2v) is 15.5. The summed E-state index contributed by atoms with van der Waals surface area (Å²) in [6.07, 6.45) is 1.43. The number of hydrogen-bond donors (Lipinski definition) is 2. The largest absolute Gasteiger partial charge is 0.444 e. The van der Waals surface area contributed by atoms with Crippen molar-refractivity contribution in [2.24, 2.45) is 0 Å². The van der Waals surface area contributed by atoms with Gasteiger partial charge in [0, 0.05) is 34.8 Å². The van der Waals surface area contributed by atoms with Crippen molar-refractivity contribution < 1.29 is 19.1 Å². The molecule has 6 aromatic rings. The van der Waals surface area contributed by atoms with E-state index in [1.54, 1.807) is 49.8 Å². The first-order valence-corrected chi connectivity index (χ1v) is 18.9. The Hall–Kier alpha value is -6.26. The molecule has 1 aromatic heterocycles. The Morgan fingerprint density at radius 2 is 1.50 bits per heavy atom. The molecule has 0 radical (unpaired) electrons. The first-order chi connectivity index (χ1) is 26.9. The van der Waals surface area contributed by atoms with E-state index in [1.807, 2.05) is 110 Å². The van der Waals surface area contributed by atoms with Crippen LogP contribution in [0.2, 0.25) is 5.02 Å². The van der Waals surface area contributed by atoms with Crippen LogP contribution < -0.4 is 10.6 Å². The molecule has 2 unspecified atom stereocenters. The molecule has 5 aromatic carbocycles. The highest BCUT2D eigenvalue weighted by atomic mass is 35.5. The SMILES string of the molecule is Cc1ccc(-c2cn(C3(C(=O)NC(c4ccc(Cl)cc4)c4cccc(-c5ccccc5)c4)CCN(C(=O)OC(C)(C)C)C3)nn2)cc1C(=O)Nc1ccccc1. The topological polar surface area (TPSA) is 118 Å². The zero-order valence-electron chi connectivity index (χ0n) is 31.7. The second-order valence-electron chi connectivity index (χ2n) is 15.0. The molecule has 0 aliphatic carbocycles. The van der Waals surface area contributed by atoms with Gasteiger partial charge in [-0.3, -0.25) is 9.59 Å². The van der Waals surface area contributed by atoms with Crippen molar-refractivity contribution >= 4 is 35.2 Å². The summed E-state index contributed by atoms with van der Waals surface area (Å²) >= 11 is 6.32. The number of para-hydroxylation sites is 1. The van der Waals surface area contributed by atoms with Gasteiger partial charge in [0.15, 0.2) is 5.54 Å². The van der Waals surface area contributed by atoms with Gasteiger partial charge in [0.2, 0.25) is 0 Å². The summed E-state index contributed by atoms with van der Waals surface area (Å²) < 4.78 is 7.29. The smallest absolute Gasteiger partial charge is 0.410 e. The van der Waals surface area contributed by atoms with E-state index >= 15 is 4.79 Å². The summed E-state index contributed by atoms with van der Waals surface area (Å²) in [5, 5.41) is 15.9. The monoisotopic (exact) mass is 766 g/mol. The van der Waals surface area contributed by atoms with Crippen LogP contribution in [0.3, 0.4) is 0 Å². The number of aromatic nitrogens is 3. The second kappa shape index (κ2) is 15.8. The van der Waals surface area contributed by atoms with Crippen molar-refractivity contribution in [3.05, 3.63) is 161 Å². The number of amides is 3. The number of nitrogens with zero attached hydrogens (tertiary/aromatic N) is 4. The molecule has 2 heterocycles. The summed E-state index contributed by atoms with van der Waals surface area (Å²) in [6, 6.07) is 39.7. The number of carbonyl (C=O) groups is 3. The van der Waals surface area contributed by atoms with E-state index in [2.05, 4.69) is 27.0 Å². The van der Waals surface area contributed by atoms with Crippen molar-refractivity contribution in [2.45, 2.75) is 51.3 Å². The van der Waals surface area contributed by atoms with Gasteiger partial charge < -0.3 is 20.3 Å². The van der Waals surface area contributed by atoms with Gasteiger partial charge in [-0.1, -0.05) is 108 Å². The third-order valence-electron chi connectivity index (χ3n) is 9.87. The minimum absolute atomic E-state index is 0.00737. The third kappa shape index (κ3) is 8.35. The maximum Gasteiger partial charge on any atom is 0.410 e. The molecule has 1 aliphatic heterocycles. The molecule has 0 bridgehead atoms. The van der Waals surface area contributed by atoms with Crippen LogP contribution >= 0.6 is 11.6 Å². The number of aryl methyl sites for hydroxylation is 1. The van der Waals surface area contributed by atoms with Crippen LogP contribution in [-0.2, 0) is 15.1 Å². The first-order valence-electron chi connectivity index (χ1n) is 18.5. The maximum atomic E-state index is 15.0. The number of nitrogens with one attached hydrogen (secondary N) is 2. The Bertz CT molecular complexity index is 2360. The average Bonchev–Trinajstić information content (AvgIpc) is 3.88. The lowest BCUT2D eigenvalue weighted by Gasteiger charge is -2.31. The normalized spacial score (nSPS) is 15.9. The van der Waals surface area contributed by atoms with Gasteiger partial charge in [-0.05, 0) is 91.9 Å². The zero-order chi connectivity index (χ0) is 39.5. The van der Waals surface area contributed by atoms with Gasteiger partial charge in [0.25, 0.3) is 11.8 Å². The number of hydrogen-bond acceptors (Lipinski definition) is 6. The Kier molecular flexibility index (Phi) is 10.8. The van der Waals surface area contributed by atoms with Crippen molar-refractivity contribution in [3.8, 4) is 22.4 Å². The molecule has 2 N–H and O–H groups in total. The summed E-state index contributed by atoms with van der Waals surface area (Å²) in [6.45, 7) is 7.53. The standard InChI is InChI=1S/C45H43ClN6O4/c1-30-18-19-34(27-38(30)41(53)47-37-16-9-6-10-17-37)39-28-52(50-49-39)45(24-25-51(29-45)43(55)56-44(2,3)4)42(54)48-40(32-20-22-36(46)23-21-32)35-15-11-14-33(26-35)31-12-7-5-8-13-31/h5-23,26-28,40H,24-25,29H2,1-4H3,(H,47,53)(H,48,54). The lowest BCUT2D eigenvalue weighted by molar-refractivity contribution is -0.130. The molecule has 0 saturated carbocycles. The minimum atomic E-state index is -1.36. The predicted molar refractivity (Wildman–Crippen MR) is 218 cm³/mol. The molecule has 10 nitrogen and oxygen atoms in total. The van der Waals surface area contributed by atoms with Crippen molar-refractivity contribution in [1.29, 1.82) is 0 Å². The number of halogens is 1. The van der Waals surface area contributed by atoms with Crippen molar-refractivity contribution in [2.75, 3.05) is 18.4 Å². The highest BCUT2D eigenvalue weighted by Gasteiger charge is 2.50. The molecular formula is C45H43ClN6O4. The van der Waals surface area contributed by atoms with Crippen LogP contribution in [0.5, 0.6) is 0 Å². The molecule has 3 amide bonds. The fraction of sp³-hybridized carbons (Fsp3) is 0.222. The fourth-order valence-electron chi connectivity index (χ4n) is 6.91. The van der Waals surface area contributed by atoms with E-state index in [0.717, 1.165) is 27.8 Å². The maximum absolute atomic E-state index is 15.0. The predicted octanol–water partition coefficient (Wildman–Crippen LogP) is 9.07. The van der Waals surface area contributed by atoms with Crippen molar-refractivity contribution in [3.63, 3.8) is 0 Å². The lowest BCUT2D eigenvalue weighted by Crippen LogP contribution is -2.52. The van der Waals surface area contributed by atoms with E-state index in [9.17, 15) is 9.59 Å². The fourth-order valence-corrected chi connectivity index (χ4v) is 7.04.